The molecule has 15 heavy (non-hydrogen) atoms. The van der Waals surface area contributed by atoms with Gasteiger partial charge in [-0.2, -0.15) is 5.26 Å². The van der Waals surface area contributed by atoms with Crippen molar-refractivity contribution < 1.29 is 9.53 Å². The molecular formula is C10H7BrN2O2. The highest BCUT2D eigenvalue weighted by atomic mass is 79.9. The van der Waals surface area contributed by atoms with E-state index < -0.39 is 6.09 Å². The average Bonchev–Trinajstić information content (AvgIpc) is 2.65. The SMILES string of the molecule is N#Cc1ccc(Br)c(C2CNC(=O)O2)c1. The van der Waals surface area contributed by atoms with Gasteiger partial charge in [-0.1, -0.05) is 15.9 Å². The number of ether oxygens (including phenoxy) is 1. The fourth-order valence-electron chi connectivity index (χ4n) is 1.42. The molecule has 76 valence electrons. The zero-order chi connectivity index (χ0) is 10.8. The summed E-state index contributed by atoms with van der Waals surface area (Å²) in [7, 11) is 0. The van der Waals surface area contributed by atoms with Crippen LogP contribution in [0.1, 0.15) is 17.2 Å². The molecule has 0 spiro atoms. The molecule has 0 aliphatic carbocycles. The molecule has 1 unspecified atom stereocenters. The molecule has 0 bridgehead atoms. The largest absolute Gasteiger partial charge is 0.439 e. The second-order valence-corrected chi connectivity index (χ2v) is 3.98. The average molecular weight is 267 g/mol. The van der Waals surface area contributed by atoms with E-state index >= 15 is 0 Å². The van der Waals surface area contributed by atoms with E-state index in [-0.39, 0.29) is 6.10 Å². The summed E-state index contributed by atoms with van der Waals surface area (Å²) in [4.78, 5) is 10.9. The molecule has 2 rings (SSSR count). The van der Waals surface area contributed by atoms with Gasteiger partial charge in [-0.25, -0.2) is 4.79 Å². The van der Waals surface area contributed by atoms with Gasteiger partial charge in [0.05, 0.1) is 18.2 Å². The number of alkyl carbamates (subject to hydrolysis) is 1. The van der Waals surface area contributed by atoms with Crippen LogP contribution in [0.25, 0.3) is 0 Å². The van der Waals surface area contributed by atoms with E-state index in [0.717, 1.165) is 10.0 Å². The van der Waals surface area contributed by atoms with Crippen molar-refractivity contribution in [1.29, 1.82) is 5.26 Å². The molecule has 1 atom stereocenters. The predicted octanol–water partition coefficient (Wildman–Crippen LogP) is 2.10. The number of amides is 1. The van der Waals surface area contributed by atoms with E-state index in [2.05, 4.69) is 21.2 Å². The van der Waals surface area contributed by atoms with E-state index in [1.54, 1.807) is 18.2 Å². The fourth-order valence-corrected chi connectivity index (χ4v) is 1.92. The summed E-state index contributed by atoms with van der Waals surface area (Å²) in [5.74, 6) is 0. The summed E-state index contributed by atoms with van der Waals surface area (Å²) in [6.07, 6.45) is -0.741. The highest BCUT2D eigenvalue weighted by Crippen LogP contribution is 2.28. The van der Waals surface area contributed by atoms with Crippen molar-refractivity contribution >= 4 is 22.0 Å². The van der Waals surface area contributed by atoms with Crippen LogP contribution in [0.2, 0.25) is 0 Å². The second-order valence-electron chi connectivity index (χ2n) is 3.12. The molecular weight excluding hydrogens is 260 g/mol. The van der Waals surface area contributed by atoms with Crippen LogP contribution in [0.5, 0.6) is 0 Å². The first-order valence-corrected chi connectivity index (χ1v) is 5.14. The molecule has 4 nitrogen and oxygen atoms in total. The van der Waals surface area contributed by atoms with Crippen molar-refractivity contribution in [3.8, 4) is 6.07 Å². The fraction of sp³-hybridized carbons (Fsp3) is 0.200. The van der Waals surface area contributed by atoms with Crippen molar-refractivity contribution in [3.63, 3.8) is 0 Å². The molecule has 5 heteroatoms. The van der Waals surface area contributed by atoms with Crippen LogP contribution in [-0.4, -0.2) is 12.6 Å². The summed E-state index contributed by atoms with van der Waals surface area (Å²) >= 11 is 3.36. The molecule has 1 amide bonds. The van der Waals surface area contributed by atoms with E-state index in [9.17, 15) is 4.79 Å². The molecule has 1 N–H and O–H groups in total. The Kier molecular flexibility index (Phi) is 2.60. The number of nitrogens with one attached hydrogen (secondary N) is 1. The Morgan fingerprint density at radius 3 is 3.00 bits per heavy atom. The molecule has 1 aromatic rings. The van der Waals surface area contributed by atoms with Gasteiger partial charge in [0, 0.05) is 10.0 Å². The third-order valence-electron chi connectivity index (χ3n) is 2.15. The number of benzene rings is 1. The molecule has 1 aromatic carbocycles. The lowest BCUT2D eigenvalue weighted by Crippen LogP contribution is -2.12. The smallest absolute Gasteiger partial charge is 0.407 e. The zero-order valence-corrected chi connectivity index (χ0v) is 9.24. The zero-order valence-electron chi connectivity index (χ0n) is 7.66. The lowest BCUT2D eigenvalue weighted by Gasteiger charge is -2.10. The first-order valence-electron chi connectivity index (χ1n) is 4.35. The number of halogens is 1. The Hall–Kier alpha value is -1.54. The molecule has 1 aliphatic heterocycles. The number of rotatable bonds is 1. The van der Waals surface area contributed by atoms with Crippen LogP contribution in [0, 0.1) is 11.3 Å². The lowest BCUT2D eigenvalue weighted by molar-refractivity contribution is 0.141. The quantitative estimate of drug-likeness (QED) is 0.847. The topological polar surface area (TPSA) is 62.1 Å². The standard InChI is InChI=1S/C10H7BrN2O2/c11-8-2-1-6(4-12)3-7(8)9-5-13-10(14)15-9/h1-3,9H,5H2,(H,13,14). The van der Waals surface area contributed by atoms with Gasteiger partial charge < -0.3 is 10.1 Å². The lowest BCUT2D eigenvalue weighted by atomic mass is 10.1. The van der Waals surface area contributed by atoms with E-state index in [1.807, 2.05) is 6.07 Å². The van der Waals surface area contributed by atoms with Gasteiger partial charge in [-0.15, -0.1) is 0 Å². The van der Waals surface area contributed by atoms with Crippen LogP contribution in [0.4, 0.5) is 4.79 Å². The van der Waals surface area contributed by atoms with Crippen molar-refractivity contribution in [2.24, 2.45) is 0 Å². The number of hydrogen-bond donors (Lipinski definition) is 1. The first kappa shape index (κ1) is 9.99. The Balaban J connectivity index is 2.35. The highest BCUT2D eigenvalue weighted by Gasteiger charge is 2.25. The normalized spacial score (nSPS) is 19.2. The maximum Gasteiger partial charge on any atom is 0.407 e. The summed E-state index contributed by atoms with van der Waals surface area (Å²) < 4.78 is 5.87. The minimum Gasteiger partial charge on any atom is -0.439 e. The summed E-state index contributed by atoms with van der Waals surface area (Å²) in [5.41, 5.74) is 1.36. The van der Waals surface area contributed by atoms with Crippen LogP contribution in [0.15, 0.2) is 22.7 Å². The van der Waals surface area contributed by atoms with E-state index in [0.29, 0.717) is 12.1 Å². The minimum absolute atomic E-state index is 0.319. The molecule has 0 saturated carbocycles. The monoisotopic (exact) mass is 266 g/mol. The van der Waals surface area contributed by atoms with Gasteiger partial charge in [-0.3, -0.25) is 0 Å². The number of cyclic esters (lactones) is 1. The molecule has 0 radical (unpaired) electrons. The Morgan fingerprint density at radius 2 is 2.40 bits per heavy atom. The van der Waals surface area contributed by atoms with Crippen LogP contribution < -0.4 is 5.32 Å². The van der Waals surface area contributed by atoms with Crippen molar-refractivity contribution in [1.82, 2.24) is 5.32 Å². The third-order valence-corrected chi connectivity index (χ3v) is 2.88. The van der Waals surface area contributed by atoms with Gasteiger partial charge in [-0.05, 0) is 18.2 Å². The van der Waals surface area contributed by atoms with Crippen molar-refractivity contribution in [2.45, 2.75) is 6.10 Å². The molecule has 0 aromatic heterocycles. The van der Waals surface area contributed by atoms with Gasteiger partial charge >= 0.3 is 6.09 Å². The van der Waals surface area contributed by atoms with E-state index in [4.69, 9.17) is 10.00 Å². The second kappa shape index (κ2) is 3.91. The molecule has 1 fully saturated rings. The van der Waals surface area contributed by atoms with Crippen molar-refractivity contribution in [2.75, 3.05) is 6.54 Å². The maximum atomic E-state index is 10.9. The van der Waals surface area contributed by atoms with Crippen LogP contribution >= 0.6 is 15.9 Å². The Labute approximate surface area is 95.0 Å². The number of nitrogens with zero attached hydrogens (tertiary/aromatic N) is 1. The highest BCUT2D eigenvalue weighted by molar-refractivity contribution is 9.10. The van der Waals surface area contributed by atoms with E-state index in [1.165, 1.54) is 0 Å². The molecule has 1 aliphatic rings. The summed E-state index contributed by atoms with van der Waals surface area (Å²) in [6.45, 7) is 0.437. The van der Waals surface area contributed by atoms with Gasteiger partial charge in [0.25, 0.3) is 0 Å². The summed E-state index contributed by atoms with van der Waals surface area (Å²) in [5, 5.41) is 11.3. The number of nitriles is 1. The number of carbonyl (C=O) groups is 1. The maximum absolute atomic E-state index is 10.9. The van der Waals surface area contributed by atoms with Crippen LogP contribution in [0.3, 0.4) is 0 Å². The molecule has 1 saturated heterocycles. The van der Waals surface area contributed by atoms with Crippen molar-refractivity contribution in [3.05, 3.63) is 33.8 Å². The Morgan fingerprint density at radius 1 is 1.60 bits per heavy atom. The number of hydrogen-bond acceptors (Lipinski definition) is 3. The predicted molar refractivity (Wildman–Crippen MR) is 56.1 cm³/mol. The third kappa shape index (κ3) is 1.95. The van der Waals surface area contributed by atoms with Gasteiger partial charge in [0.2, 0.25) is 0 Å². The number of carbonyl (C=O) groups excluding carboxylic acids is 1. The Bertz CT molecular complexity index is 453. The van der Waals surface area contributed by atoms with Gasteiger partial charge in [0.1, 0.15) is 6.10 Å². The first-order chi connectivity index (χ1) is 7.20. The minimum atomic E-state index is -0.422. The summed E-state index contributed by atoms with van der Waals surface area (Å²) in [6, 6.07) is 7.25. The van der Waals surface area contributed by atoms with Crippen LogP contribution in [-0.2, 0) is 4.74 Å². The molecule has 1 heterocycles. The van der Waals surface area contributed by atoms with Gasteiger partial charge in [0.15, 0.2) is 0 Å².